The number of hydrogen-bond donors (Lipinski definition) is 0. The quantitative estimate of drug-likeness (QED) is 0.599. The number of rotatable bonds is 2. The zero-order valence-corrected chi connectivity index (χ0v) is 5.26. The highest BCUT2D eigenvalue weighted by atomic mass is 16.5. The zero-order valence-electron chi connectivity index (χ0n) is 5.26. The van der Waals surface area contributed by atoms with E-state index in [1.54, 1.807) is 0 Å². The van der Waals surface area contributed by atoms with Crippen molar-refractivity contribution < 1.29 is 9.26 Å². The second-order valence-corrected chi connectivity index (χ2v) is 1.78. The molecule has 1 radical (unpaired) electrons. The largest absolute Gasteiger partial charge is 0.373 e. The molecule has 1 rings (SSSR count). The topological polar surface area (TPSA) is 35.3 Å². The van der Waals surface area contributed by atoms with Crippen molar-refractivity contribution in [3.63, 3.8) is 0 Å². The smallest absolute Gasteiger partial charge is 0.134 e. The third-order valence-corrected chi connectivity index (χ3v) is 0.927. The fourth-order valence-corrected chi connectivity index (χ4v) is 0.591. The second-order valence-electron chi connectivity index (χ2n) is 1.78. The van der Waals surface area contributed by atoms with Crippen LogP contribution >= 0.6 is 0 Å². The summed E-state index contributed by atoms with van der Waals surface area (Å²) in [6.07, 6.45) is 0. The summed E-state index contributed by atoms with van der Waals surface area (Å²) in [6, 6.07) is 1.81. The summed E-state index contributed by atoms with van der Waals surface area (Å²) in [5.74, 6) is 0.794. The molecule has 0 aliphatic heterocycles. The molecule has 3 heteroatoms. The van der Waals surface area contributed by atoms with Crippen molar-refractivity contribution in [2.75, 3.05) is 0 Å². The molecule has 1 heterocycles. The van der Waals surface area contributed by atoms with E-state index in [-0.39, 0.29) is 0 Å². The van der Waals surface area contributed by atoms with Crippen LogP contribution in [-0.4, -0.2) is 5.16 Å². The first-order valence-corrected chi connectivity index (χ1v) is 2.62. The molecular formula is C6H8NO2. The van der Waals surface area contributed by atoms with Crippen LogP contribution in [-0.2, 0) is 11.3 Å². The molecule has 0 amide bonds. The molecule has 1 aromatic rings. The Kier molecular flexibility index (Phi) is 1.85. The molecule has 0 fully saturated rings. The minimum absolute atomic E-state index is 0.414. The third-order valence-electron chi connectivity index (χ3n) is 0.927. The second kappa shape index (κ2) is 2.64. The van der Waals surface area contributed by atoms with Gasteiger partial charge in [-0.3, -0.25) is 0 Å². The summed E-state index contributed by atoms with van der Waals surface area (Å²) in [6.45, 7) is 2.25. The summed E-state index contributed by atoms with van der Waals surface area (Å²) in [5.41, 5.74) is 0.780. The third kappa shape index (κ3) is 1.54. The highest BCUT2D eigenvalue weighted by molar-refractivity contribution is 5.01. The lowest BCUT2D eigenvalue weighted by atomic mass is 10.4. The van der Waals surface area contributed by atoms with Gasteiger partial charge in [-0.15, -0.1) is 0 Å². The molecule has 0 atom stereocenters. The van der Waals surface area contributed by atoms with Gasteiger partial charge in [-0.2, -0.15) is 0 Å². The van der Waals surface area contributed by atoms with Crippen LogP contribution in [0.5, 0.6) is 0 Å². The molecular weight excluding hydrogens is 118 g/mol. The molecule has 1 aromatic heterocycles. The van der Waals surface area contributed by atoms with E-state index in [1.165, 1.54) is 0 Å². The fourth-order valence-electron chi connectivity index (χ4n) is 0.591. The van der Waals surface area contributed by atoms with Crippen LogP contribution in [0.25, 0.3) is 0 Å². The van der Waals surface area contributed by atoms with Crippen molar-refractivity contribution in [2.45, 2.75) is 13.5 Å². The van der Waals surface area contributed by atoms with E-state index in [2.05, 4.69) is 17.0 Å². The van der Waals surface area contributed by atoms with E-state index in [4.69, 9.17) is 4.52 Å². The predicted molar refractivity (Wildman–Crippen MR) is 31.4 cm³/mol. The monoisotopic (exact) mass is 126 g/mol. The first-order valence-electron chi connectivity index (χ1n) is 2.62. The van der Waals surface area contributed by atoms with Crippen molar-refractivity contribution in [1.82, 2.24) is 5.16 Å². The van der Waals surface area contributed by atoms with Crippen molar-refractivity contribution in [1.29, 1.82) is 0 Å². The minimum Gasteiger partial charge on any atom is -0.373 e. The molecule has 0 saturated carbocycles. The number of hydrogen-bond acceptors (Lipinski definition) is 3. The molecule has 0 spiro atoms. The lowest BCUT2D eigenvalue weighted by Crippen LogP contribution is -1.82. The Bertz CT molecular complexity index is 183. The number of ether oxygens (including phenoxy) is 1. The van der Waals surface area contributed by atoms with E-state index in [1.807, 2.05) is 13.0 Å². The Balaban J connectivity index is 2.61. The highest BCUT2D eigenvalue weighted by Gasteiger charge is 1.96. The lowest BCUT2D eigenvalue weighted by Gasteiger charge is -1.86. The average molecular weight is 126 g/mol. The minimum atomic E-state index is 0.414. The Morgan fingerprint density at radius 3 is 3.11 bits per heavy atom. The van der Waals surface area contributed by atoms with Crippen LogP contribution in [0.1, 0.15) is 11.5 Å². The van der Waals surface area contributed by atoms with Crippen LogP contribution in [0, 0.1) is 14.0 Å². The van der Waals surface area contributed by atoms with Gasteiger partial charge in [-0.25, -0.2) is 0 Å². The maximum atomic E-state index is 4.76. The summed E-state index contributed by atoms with van der Waals surface area (Å²) in [4.78, 5) is 0. The van der Waals surface area contributed by atoms with E-state index in [9.17, 15) is 0 Å². The Morgan fingerprint density at radius 2 is 2.67 bits per heavy atom. The van der Waals surface area contributed by atoms with Gasteiger partial charge >= 0.3 is 0 Å². The maximum Gasteiger partial charge on any atom is 0.134 e. The van der Waals surface area contributed by atoms with Gasteiger partial charge in [-0.1, -0.05) is 5.16 Å². The van der Waals surface area contributed by atoms with Crippen LogP contribution < -0.4 is 0 Å². The Labute approximate surface area is 53.6 Å². The van der Waals surface area contributed by atoms with Gasteiger partial charge in [0.15, 0.2) is 0 Å². The van der Waals surface area contributed by atoms with Gasteiger partial charge in [0, 0.05) is 6.07 Å². The van der Waals surface area contributed by atoms with Crippen LogP contribution in [0.4, 0.5) is 0 Å². The molecule has 3 nitrogen and oxygen atoms in total. The Morgan fingerprint density at radius 1 is 1.89 bits per heavy atom. The Hall–Kier alpha value is -0.830. The van der Waals surface area contributed by atoms with Gasteiger partial charge in [0.1, 0.15) is 11.5 Å². The number of aromatic nitrogens is 1. The van der Waals surface area contributed by atoms with Crippen molar-refractivity contribution in [3.8, 4) is 0 Å². The summed E-state index contributed by atoms with van der Waals surface area (Å²) in [7, 11) is 3.21. The molecule has 0 N–H and O–H groups in total. The van der Waals surface area contributed by atoms with Crippen LogP contribution in [0.2, 0.25) is 0 Å². The van der Waals surface area contributed by atoms with Crippen LogP contribution in [0.3, 0.4) is 0 Å². The van der Waals surface area contributed by atoms with Crippen LogP contribution in [0.15, 0.2) is 10.6 Å². The molecule has 0 unspecified atom stereocenters. The lowest BCUT2D eigenvalue weighted by molar-refractivity contribution is 0.218. The average Bonchev–Trinajstić information content (AvgIpc) is 2.17. The number of aryl methyl sites for hydroxylation is 1. The van der Waals surface area contributed by atoms with Gasteiger partial charge in [0.05, 0.1) is 13.7 Å². The summed E-state index contributed by atoms with van der Waals surface area (Å²) in [5, 5.41) is 3.67. The summed E-state index contributed by atoms with van der Waals surface area (Å²) < 4.78 is 9.33. The first-order chi connectivity index (χ1) is 4.33. The molecule has 0 aliphatic rings. The van der Waals surface area contributed by atoms with E-state index >= 15 is 0 Å². The predicted octanol–water partition coefficient (Wildman–Crippen LogP) is 1.29. The van der Waals surface area contributed by atoms with Crippen molar-refractivity contribution >= 4 is 0 Å². The van der Waals surface area contributed by atoms with Crippen molar-refractivity contribution in [3.05, 3.63) is 24.6 Å². The van der Waals surface area contributed by atoms with E-state index in [0.717, 1.165) is 11.5 Å². The van der Waals surface area contributed by atoms with Crippen molar-refractivity contribution in [2.24, 2.45) is 0 Å². The van der Waals surface area contributed by atoms with E-state index in [0.29, 0.717) is 6.61 Å². The standard InChI is InChI=1S/C6H8NO2/c1-5-3-6(4-8-2)7-9-5/h3H,2,4H2,1H3. The normalized spacial score (nSPS) is 10.0. The molecule has 0 bridgehead atoms. The molecule has 0 aliphatic carbocycles. The first kappa shape index (κ1) is 6.29. The van der Waals surface area contributed by atoms with Gasteiger partial charge in [-0.05, 0) is 6.92 Å². The van der Waals surface area contributed by atoms with E-state index < -0.39 is 0 Å². The molecule has 49 valence electrons. The van der Waals surface area contributed by atoms with Gasteiger partial charge < -0.3 is 9.26 Å². The summed E-state index contributed by atoms with van der Waals surface area (Å²) >= 11 is 0. The maximum absolute atomic E-state index is 4.76. The molecule has 0 aromatic carbocycles. The zero-order chi connectivity index (χ0) is 6.69. The SMILES string of the molecule is [CH2]OCc1cc(C)on1. The highest BCUT2D eigenvalue weighted by Crippen LogP contribution is 2.01. The molecule has 9 heavy (non-hydrogen) atoms. The fraction of sp³-hybridized carbons (Fsp3) is 0.333. The number of nitrogens with zero attached hydrogens (tertiary/aromatic N) is 1. The van der Waals surface area contributed by atoms with Gasteiger partial charge in [0.2, 0.25) is 0 Å². The van der Waals surface area contributed by atoms with Gasteiger partial charge in [0.25, 0.3) is 0 Å². The molecule has 0 saturated heterocycles.